The predicted molar refractivity (Wildman–Crippen MR) is 62.7 cm³/mol. The Hall–Kier alpha value is -2.00. The number of ether oxygens (including phenoxy) is 2. The summed E-state index contributed by atoms with van der Waals surface area (Å²) < 4.78 is 10.8. The van der Waals surface area contributed by atoms with Crippen LogP contribution in [0.1, 0.15) is 24.8 Å². The molecule has 1 aliphatic carbocycles. The second-order valence-corrected chi connectivity index (χ2v) is 4.57. The second kappa shape index (κ2) is 4.03. The fourth-order valence-corrected chi connectivity index (χ4v) is 2.52. The molecule has 94 valence electrons. The number of nitrogens with zero attached hydrogens (tertiary/aromatic N) is 1. The van der Waals surface area contributed by atoms with E-state index in [0.717, 1.165) is 19.3 Å². The van der Waals surface area contributed by atoms with Gasteiger partial charge in [-0.05, 0) is 31.4 Å². The van der Waals surface area contributed by atoms with E-state index in [-0.39, 0.29) is 5.75 Å². The number of carbonyl (C=O) groups excluding carboxylic acids is 1. The largest absolute Gasteiger partial charge is 0.504 e. The van der Waals surface area contributed by atoms with Crippen LogP contribution >= 0.6 is 0 Å². The van der Waals surface area contributed by atoms with Crippen molar-refractivity contribution in [2.24, 2.45) is 4.99 Å². The van der Waals surface area contributed by atoms with E-state index in [9.17, 15) is 9.90 Å². The third-order valence-electron chi connectivity index (χ3n) is 3.62. The normalized spacial score (nSPS) is 19.6. The lowest BCUT2D eigenvalue weighted by atomic mass is 9.72. The van der Waals surface area contributed by atoms with Crippen LogP contribution in [0.5, 0.6) is 17.2 Å². The van der Waals surface area contributed by atoms with Crippen molar-refractivity contribution < 1.29 is 19.4 Å². The zero-order valence-electron chi connectivity index (χ0n) is 9.81. The third kappa shape index (κ3) is 1.48. The summed E-state index contributed by atoms with van der Waals surface area (Å²) in [5.74, 6) is 0.920. The Kier molecular flexibility index (Phi) is 2.49. The molecule has 3 rings (SSSR count). The van der Waals surface area contributed by atoms with Gasteiger partial charge in [0.15, 0.2) is 11.5 Å². The monoisotopic (exact) mass is 247 g/mol. The lowest BCUT2D eigenvalue weighted by Gasteiger charge is -2.38. The number of aliphatic imine (C=N–C) groups is 1. The maximum absolute atomic E-state index is 10.6. The van der Waals surface area contributed by atoms with Gasteiger partial charge in [-0.15, -0.1) is 0 Å². The summed E-state index contributed by atoms with van der Waals surface area (Å²) in [7, 11) is 0. The van der Waals surface area contributed by atoms with Crippen LogP contribution in [0.25, 0.3) is 0 Å². The summed E-state index contributed by atoms with van der Waals surface area (Å²) in [5, 5.41) is 10.3. The van der Waals surface area contributed by atoms with E-state index in [0.29, 0.717) is 30.3 Å². The molecular formula is C13H13NO4. The van der Waals surface area contributed by atoms with Gasteiger partial charge in [-0.3, -0.25) is 0 Å². The van der Waals surface area contributed by atoms with Crippen LogP contribution in [0, 0.1) is 0 Å². The smallest absolute Gasteiger partial charge is 0.235 e. The van der Waals surface area contributed by atoms with E-state index in [1.54, 1.807) is 18.2 Å². The number of hydrogen-bond acceptors (Lipinski definition) is 5. The molecule has 1 heterocycles. The summed E-state index contributed by atoms with van der Waals surface area (Å²) >= 11 is 0. The van der Waals surface area contributed by atoms with E-state index < -0.39 is 5.54 Å². The Morgan fingerprint density at radius 3 is 2.72 bits per heavy atom. The van der Waals surface area contributed by atoms with E-state index in [4.69, 9.17) is 9.47 Å². The quantitative estimate of drug-likeness (QED) is 0.640. The zero-order valence-corrected chi connectivity index (χ0v) is 9.81. The van der Waals surface area contributed by atoms with Crippen molar-refractivity contribution in [1.29, 1.82) is 0 Å². The molecule has 0 bridgehead atoms. The Morgan fingerprint density at radius 2 is 2.06 bits per heavy atom. The standard InChI is InChI=1S/C13H13NO4/c15-8-14-13(4-1-5-13)9-2-3-10-12(11(9)16)18-7-6-17-10/h2-3,16H,1,4-7H2. The number of phenolic OH excluding ortho intramolecular Hbond substituents is 1. The molecule has 1 saturated carbocycles. The van der Waals surface area contributed by atoms with Crippen LogP contribution in [0.4, 0.5) is 0 Å². The Bertz CT molecular complexity index is 530. The van der Waals surface area contributed by atoms with Gasteiger partial charge >= 0.3 is 0 Å². The first-order valence-corrected chi connectivity index (χ1v) is 5.98. The molecule has 2 aliphatic rings. The highest BCUT2D eigenvalue weighted by molar-refractivity contribution is 5.58. The summed E-state index contributed by atoms with van der Waals surface area (Å²) in [6.07, 6.45) is 4.08. The highest BCUT2D eigenvalue weighted by Gasteiger charge is 2.42. The fraction of sp³-hybridized carbons (Fsp3) is 0.462. The van der Waals surface area contributed by atoms with Gasteiger partial charge in [0.1, 0.15) is 18.8 Å². The molecule has 1 aromatic rings. The molecule has 0 radical (unpaired) electrons. The Labute approximate surface area is 104 Å². The van der Waals surface area contributed by atoms with Crippen molar-refractivity contribution in [3.8, 4) is 17.2 Å². The Morgan fingerprint density at radius 1 is 1.28 bits per heavy atom. The maximum atomic E-state index is 10.6. The first-order valence-electron chi connectivity index (χ1n) is 5.98. The summed E-state index contributed by atoms with van der Waals surface area (Å²) in [4.78, 5) is 14.4. The van der Waals surface area contributed by atoms with Gasteiger partial charge in [-0.1, -0.05) is 0 Å². The van der Waals surface area contributed by atoms with Crippen LogP contribution in [0.2, 0.25) is 0 Å². The van der Waals surface area contributed by atoms with Gasteiger partial charge < -0.3 is 14.6 Å². The number of aromatic hydroxyl groups is 1. The van der Waals surface area contributed by atoms with Gasteiger partial charge in [-0.25, -0.2) is 4.79 Å². The maximum Gasteiger partial charge on any atom is 0.235 e. The van der Waals surface area contributed by atoms with Crippen molar-refractivity contribution in [3.05, 3.63) is 17.7 Å². The number of benzene rings is 1. The number of hydrogen-bond donors (Lipinski definition) is 1. The van der Waals surface area contributed by atoms with Gasteiger partial charge in [0, 0.05) is 5.56 Å². The van der Waals surface area contributed by atoms with Crippen molar-refractivity contribution in [3.63, 3.8) is 0 Å². The number of rotatable bonds is 2. The fourth-order valence-electron chi connectivity index (χ4n) is 2.52. The van der Waals surface area contributed by atoms with Crippen LogP contribution in [-0.2, 0) is 10.3 Å². The first-order chi connectivity index (χ1) is 8.77. The average molecular weight is 247 g/mol. The first kappa shape index (κ1) is 11.1. The van der Waals surface area contributed by atoms with Gasteiger partial charge in [0.05, 0.1) is 0 Å². The molecule has 0 unspecified atom stereocenters. The van der Waals surface area contributed by atoms with E-state index >= 15 is 0 Å². The molecule has 5 heteroatoms. The van der Waals surface area contributed by atoms with E-state index in [1.807, 2.05) is 0 Å². The summed E-state index contributed by atoms with van der Waals surface area (Å²) in [6, 6.07) is 3.51. The van der Waals surface area contributed by atoms with Crippen LogP contribution in [-0.4, -0.2) is 24.4 Å². The van der Waals surface area contributed by atoms with Gasteiger partial charge in [0.25, 0.3) is 0 Å². The molecule has 18 heavy (non-hydrogen) atoms. The SMILES string of the molecule is O=C=NC1(c2ccc3c(c2O)OCCO3)CCC1. The van der Waals surface area contributed by atoms with Crippen molar-refractivity contribution >= 4 is 6.08 Å². The highest BCUT2D eigenvalue weighted by atomic mass is 16.6. The molecule has 1 aliphatic heterocycles. The molecule has 0 saturated heterocycles. The number of fused-ring (bicyclic) bond motifs is 1. The van der Waals surface area contributed by atoms with Gasteiger partial charge in [-0.2, -0.15) is 4.99 Å². The van der Waals surface area contributed by atoms with Crippen LogP contribution in [0.15, 0.2) is 17.1 Å². The molecule has 0 atom stereocenters. The molecular weight excluding hydrogens is 234 g/mol. The molecule has 1 aromatic carbocycles. The van der Waals surface area contributed by atoms with E-state index in [2.05, 4.69) is 4.99 Å². The van der Waals surface area contributed by atoms with Gasteiger partial charge in [0.2, 0.25) is 11.8 Å². The van der Waals surface area contributed by atoms with Crippen molar-refractivity contribution in [1.82, 2.24) is 0 Å². The molecule has 0 aromatic heterocycles. The summed E-state index contributed by atoms with van der Waals surface area (Å²) in [6.45, 7) is 0.886. The van der Waals surface area contributed by atoms with Crippen molar-refractivity contribution in [2.75, 3.05) is 13.2 Å². The highest BCUT2D eigenvalue weighted by Crippen LogP contribution is 2.52. The number of isocyanates is 1. The zero-order chi connectivity index (χ0) is 12.6. The lowest BCUT2D eigenvalue weighted by molar-refractivity contribution is 0.162. The minimum atomic E-state index is -0.623. The van der Waals surface area contributed by atoms with Crippen LogP contribution in [0.3, 0.4) is 0 Å². The Balaban J connectivity index is 2.10. The minimum absolute atomic E-state index is 0.0332. The molecule has 1 N–H and O–H groups in total. The molecule has 0 amide bonds. The third-order valence-corrected chi connectivity index (χ3v) is 3.62. The minimum Gasteiger partial charge on any atom is -0.504 e. The van der Waals surface area contributed by atoms with Crippen LogP contribution < -0.4 is 9.47 Å². The van der Waals surface area contributed by atoms with Crippen molar-refractivity contribution in [2.45, 2.75) is 24.8 Å². The number of phenols is 1. The topological polar surface area (TPSA) is 68.1 Å². The molecule has 1 fully saturated rings. The summed E-state index contributed by atoms with van der Waals surface area (Å²) in [5.41, 5.74) is 0.00291. The van der Waals surface area contributed by atoms with E-state index in [1.165, 1.54) is 0 Å². The molecule has 0 spiro atoms. The molecule has 5 nitrogen and oxygen atoms in total. The lowest BCUT2D eigenvalue weighted by Crippen LogP contribution is -2.32. The predicted octanol–water partition coefficient (Wildman–Crippen LogP) is 1.88. The second-order valence-electron chi connectivity index (χ2n) is 4.57. The average Bonchev–Trinajstić information content (AvgIpc) is 2.35.